The molecule has 2 amide bonds. The van der Waals surface area contributed by atoms with E-state index in [4.69, 9.17) is 4.74 Å². The zero-order valence-electron chi connectivity index (χ0n) is 14.7. The van der Waals surface area contributed by atoms with Crippen LogP contribution in [0.3, 0.4) is 0 Å². The van der Waals surface area contributed by atoms with Crippen LogP contribution < -0.4 is 10.1 Å². The summed E-state index contributed by atoms with van der Waals surface area (Å²) in [6, 6.07) is 3.68. The van der Waals surface area contributed by atoms with Gasteiger partial charge in [0, 0.05) is 44.4 Å². The Labute approximate surface area is 147 Å². The van der Waals surface area contributed by atoms with Gasteiger partial charge in [0.25, 0.3) is 0 Å². The van der Waals surface area contributed by atoms with Crippen molar-refractivity contribution in [3.05, 3.63) is 36.0 Å². The van der Waals surface area contributed by atoms with E-state index in [1.54, 1.807) is 12.5 Å². The molecule has 134 valence electrons. The molecule has 0 unspecified atom stereocenters. The Balaban J connectivity index is 1.59. The summed E-state index contributed by atoms with van der Waals surface area (Å²) in [5, 5.41) is 11.1. The van der Waals surface area contributed by atoms with Gasteiger partial charge in [0.05, 0.1) is 6.61 Å². The average molecular weight is 344 g/mol. The Hall–Kier alpha value is -2.64. The molecule has 0 aliphatic carbocycles. The largest absolute Gasteiger partial charge is 0.478 e. The molecular formula is C17H24N6O2. The molecule has 2 aromatic rings. The van der Waals surface area contributed by atoms with Crippen molar-refractivity contribution in [2.45, 2.75) is 32.2 Å². The van der Waals surface area contributed by atoms with Crippen LogP contribution in [-0.2, 0) is 13.6 Å². The first kappa shape index (κ1) is 17.2. The van der Waals surface area contributed by atoms with E-state index in [1.165, 1.54) is 0 Å². The third-order valence-electron chi connectivity index (χ3n) is 4.38. The van der Waals surface area contributed by atoms with Gasteiger partial charge >= 0.3 is 6.03 Å². The number of nitrogens with one attached hydrogen (secondary N) is 1. The van der Waals surface area contributed by atoms with Crippen LogP contribution in [0, 0.1) is 0 Å². The van der Waals surface area contributed by atoms with Crippen LogP contribution in [0.25, 0.3) is 0 Å². The number of amides is 2. The lowest BCUT2D eigenvalue weighted by Gasteiger charge is -2.32. The van der Waals surface area contributed by atoms with Crippen LogP contribution in [0.1, 0.15) is 37.1 Å². The molecule has 0 bridgehead atoms. The van der Waals surface area contributed by atoms with Crippen molar-refractivity contribution in [1.82, 2.24) is 30.0 Å². The molecule has 3 heterocycles. The molecule has 3 rings (SSSR count). The molecule has 0 radical (unpaired) electrons. The lowest BCUT2D eigenvalue weighted by Crippen LogP contribution is -2.45. The van der Waals surface area contributed by atoms with Gasteiger partial charge in [-0.15, -0.1) is 10.2 Å². The molecule has 25 heavy (non-hydrogen) atoms. The molecule has 8 nitrogen and oxygen atoms in total. The van der Waals surface area contributed by atoms with Crippen LogP contribution in [0.4, 0.5) is 4.79 Å². The molecule has 1 fully saturated rings. The molecule has 0 spiro atoms. The van der Waals surface area contributed by atoms with Crippen LogP contribution in [0.5, 0.6) is 5.88 Å². The first-order valence-electron chi connectivity index (χ1n) is 8.62. The summed E-state index contributed by atoms with van der Waals surface area (Å²) in [5.74, 6) is 1.73. The quantitative estimate of drug-likeness (QED) is 0.892. The summed E-state index contributed by atoms with van der Waals surface area (Å²) in [5.41, 5.74) is 0.875. The van der Waals surface area contributed by atoms with Crippen molar-refractivity contribution >= 4 is 6.03 Å². The number of hydrogen-bond acceptors (Lipinski definition) is 5. The number of carbonyl (C=O) groups is 1. The van der Waals surface area contributed by atoms with E-state index in [9.17, 15) is 4.79 Å². The number of urea groups is 1. The van der Waals surface area contributed by atoms with Gasteiger partial charge in [-0.25, -0.2) is 9.78 Å². The number of likely N-dealkylation sites (tertiary alicyclic amines) is 1. The predicted molar refractivity (Wildman–Crippen MR) is 92.2 cm³/mol. The summed E-state index contributed by atoms with van der Waals surface area (Å²) in [6.07, 6.45) is 5.37. The van der Waals surface area contributed by atoms with Gasteiger partial charge in [-0.05, 0) is 25.8 Å². The maximum atomic E-state index is 12.6. The van der Waals surface area contributed by atoms with Gasteiger partial charge in [-0.1, -0.05) is 6.07 Å². The predicted octanol–water partition coefficient (Wildman–Crippen LogP) is 1.70. The van der Waals surface area contributed by atoms with Crippen molar-refractivity contribution in [3.8, 4) is 5.88 Å². The fraction of sp³-hybridized carbons (Fsp3) is 0.529. The van der Waals surface area contributed by atoms with E-state index in [2.05, 4.69) is 20.5 Å². The number of nitrogens with zero attached hydrogens (tertiary/aromatic N) is 5. The zero-order chi connectivity index (χ0) is 17.6. The highest BCUT2D eigenvalue weighted by Crippen LogP contribution is 2.25. The number of aromatic nitrogens is 4. The van der Waals surface area contributed by atoms with Crippen molar-refractivity contribution in [2.24, 2.45) is 7.05 Å². The molecule has 0 aromatic carbocycles. The normalized spacial score (nSPS) is 17.4. The molecular weight excluding hydrogens is 320 g/mol. The third kappa shape index (κ3) is 4.07. The number of piperidine rings is 1. The third-order valence-corrected chi connectivity index (χ3v) is 4.38. The molecule has 0 saturated carbocycles. The Morgan fingerprint density at radius 1 is 1.48 bits per heavy atom. The number of carbonyl (C=O) groups excluding carboxylic acids is 1. The molecule has 1 atom stereocenters. The van der Waals surface area contributed by atoms with E-state index in [1.807, 2.05) is 35.6 Å². The maximum absolute atomic E-state index is 12.6. The van der Waals surface area contributed by atoms with E-state index >= 15 is 0 Å². The number of aryl methyl sites for hydroxylation is 1. The Bertz CT molecular complexity index is 717. The highest BCUT2D eigenvalue weighted by molar-refractivity contribution is 5.74. The van der Waals surface area contributed by atoms with Gasteiger partial charge in [-0.3, -0.25) is 0 Å². The van der Waals surface area contributed by atoms with Gasteiger partial charge in [0.15, 0.2) is 0 Å². The molecule has 1 aliphatic rings. The number of ether oxygens (including phenoxy) is 1. The van der Waals surface area contributed by atoms with Crippen molar-refractivity contribution in [1.29, 1.82) is 0 Å². The van der Waals surface area contributed by atoms with Crippen LogP contribution in [0.2, 0.25) is 0 Å². The molecule has 2 aromatic heterocycles. The summed E-state index contributed by atoms with van der Waals surface area (Å²) < 4.78 is 7.43. The number of pyridine rings is 1. The van der Waals surface area contributed by atoms with Gasteiger partial charge in [0.1, 0.15) is 12.2 Å². The standard InChI is InChI=1S/C17H24N6O2/c1-3-25-16-13(6-4-8-18-16)10-19-17(24)23-9-5-7-14(11-23)15-21-20-12-22(15)2/h4,6,8,12,14H,3,5,7,9-11H2,1-2H3,(H,19,24)/t14-/m1/s1. The minimum absolute atomic E-state index is 0.0711. The van der Waals surface area contributed by atoms with Crippen LogP contribution in [0.15, 0.2) is 24.7 Å². The van der Waals surface area contributed by atoms with Crippen molar-refractivity contribution < 1.29 is 9.53 Å². The Morgan fingerprint density at radius 3 is 3.12 bits per heavy atom. The fourth-order valence-electron chi connectivity index (χ4n) is 3.14. The lowest BCUT2D eigenvalue weighted by molar-refractivity contribution is 0.177. The molecule has 1 saturated heterocycles. The second-order valence-electron chi connectivity index (χ2n) is 6.14. The Morgan fingerprint density at radius 2 is 2.36 bits per heavy atom. The van der Waals surface area contributed by atoms with E-state index in [-0.39, 0.29) is 11.9 Å². The van der Waals surface area contributed by atoms with Crippen LogP contribution in [-0.4, -0.2) is 50.4 Å². The first-order chi connectivity index (χ1) is 12.2. The Kier molecular flexibility index (Phi) is 5.47. The van der Waals surface area contributed by atoms with Gasteiger partial charge in [-0.2, -0.15) is 0 Å². The van der Waals surface area contributed by atoms with E-state index in [0.29, 0.717) is 25.6 Å². The highest BCUT2D eigenvalue weighted by atomic mass is 16.5. The van der Waals surface area contributed by atoms with Crippen molar-refractivity contribution in [3.63, 3.8) is 0 Å². The molecule has 1 aliphatic heterocycles. The fourth-order valence-corrected chi connectivity index (χ4v) is 3.14. The minimum atomic E-state index is -0.0711. The summed E-state index contributed by atoms with van der Waals surface area (Å²) in [6.45, 7) is 4.27. The SMILES string of the molecule is CCOc1ncccc1CNC(=O)N1CCC[C@@H](c2nncn2C)C1. The first-order valence-corrected chi connectivity index (χ1v) is 8.62. The average Bonchev–Trinajstić information content (AvgIpc) is 3.07. The van der Waals surface area contributed by atoms with E-state index < -0.39 is 0 Å². The van der Waals surface area contributed by atoms with Crippen LogP contribution >= 0.6 is 0 Å². The number of rotatable bonds is 5. The topological polar surface area (TPSA) is 85.2 Å². The van der Waals surface area contributed by atoms with Gasteiger partial charge in [0.2, 0.25) is 5.88 Å². The summed E-state index contributed by atoms with van der Waals surface area (Å²) in [7, 11) is 1.94. The molecule has 8 heteroatoms. The highest BCUT2D eigenvalue weighted by Gasteiger charge is 2.27. The second-order valence-corrected chi connectivity index (χ2v) is 6.14. The zero-order valence-corrected chi connectivity index (χ0v) is 14.7. The maximum Gasteiger partial charge on any atom is 0.317 e. The second kappa shape index (κ2) is 7.96. The minimum Gasteiger partial charge on any atom is -0.478 e. The van der Waals surface area contributed by atoms with Crippen molar-refractivity contribution in [2.75, 3.05) is 19.7 Å². The summed E-state index contributed by atoms with van der Waals surface area (Å²) in [4.78, 5) is 18.6. The number of hydrogen-bond donors (Lipinski definition) is 1. The molecule has 1 N–H and O–H groups in total. The van der Waals surface area contributed by atoms with E-state index in [0.717, 1.165) is 30.8 Å². The lowest BCUT2D eigenvalue weighted by atomic mass is 9.97. The summed E-state index contributed by atoms with van der Waals surface area (Å²) >= 11 is 0. The van der Waals surface area contributed by atoms with Gasteiger partial charge < -0.3 is 19.5 Å². The smallest absolute Gasteiger partial charge is 0.317 e. The monoisotopic (exact) mass is 344 g/mol.